The largest absolute Gasteiger partial charge is 0.454 e. The van der Waals surface area contributed by atoms with Crippen molar-refractivity contribution in [1.29, 1.82) is 0 Å². The van der Waals surface area contributed by atoms with Gasteiger partial charge in [0.05, 0.1) is 5.02 Å². The molecule has 0 aromatic heterocycles. The molecule has 4 rings (SSSR count). The zero-order valence-electron chi connectivity index (χ0n) is 14.4. The number of amidine groups is 1. The van der Waals surface area contributed by atoms with Crippen LogP contribution in [0.5, 0.6) is 11.5 Å². The van der Waals surface area contributed by atoms with Gasteiger partial charge in [-0.3, -0.25) is 9.79 Å². The number of rotatable bonds is 4. The van der Waals surface area contributed by atoms with Crippen molar-refractivity contribution in [3.8, 4) is 11.5 Å². The van der Waals surface area contributed by atoms with Gasteiger partial charge in [0, 0.05) is 23.5 Å². The van der Waals surface area contributed by atoms with Gasteiger partial charge in [-0.2, -0.15) is 0 Å². The second-order valence-electron chi connectivity index (χ2n) is 6.03. The highest BCUT2D eigenvalue weighted by atomic mass is 35.5. The standard InChI is InChI=1S/C20H17ClN2O3S/c21-16-10-13(11-18-19(16)26-12-25-18)2-7-17(24)14-3-5-15(6-4-14)23-20-22-8-1-9-27-20/h2-7,10-11H,1,8-9,12H2,(H,22,23). The molecule has 138 valence electrons. The van der Waals surface area contributed by atoms with Gasteiger partial charge in [0.2, 0.25) is 6.79 Å². The number of anilines is 1. The zero-order chi connectivity index (χ0) is 18.6. The summed E-state index contributed by atoms with van der Waals surface area (Å²) in [4.78, 5) is 16.9. The van der Waals surface area contributed by atoms with Crippen LogP contribution in [-0.2, 0) is 0 Å². The van der Waals surface area contributed by atoms with E-state index in [9.17, 15) is 4.79 Å². The maximum atomic E-state index is 12.4. The number of nitrogens with one attached hydrogen (secondary N) is 1. The van der Waals surface area contributed by atoms with Crippen molar-refractivity contribution >= 4 is 46.1 Å². The van der Waals surface area contributed by atoms with Crippen LogP contribution in [0.2, 0.25) is 5.02 Å². The Bertz CT molecular complexity index is 926. The van der Waals surface area contributed by atoms with E-state index >= 15 is 0 Å². The number of halogens is 1. The summed E-state index contributed by atoms with van der Waals surface area (Å²) >= 11 is 7.88. The molecule has 2 aromatic carbocycles. The summed E-state index contributed by atoms with van der Waals surface area (Å²) in [7, 11) is 0. The summed E-state index contributed by atoms with van der Waals surface area (Å²) in [6.07, 6.45) is 4.36. The van der Waals surface area contributed by atoms with E-state index in [1.165, 1.54) is 6.08 Å². The third-order valence-electron chi connectivity index (χ3n) is 4.09. The van der Waals surface area contributed by atoms with E-state index in [4.69, 9.17) is 21.1 Å². The summed E-state index contributed by atoms with van der Waals surface area (Å²) < 4.78 is 10.6. The molecular weight excluding hydrogens is 384 g/mol. The lowest BCUT2D eigenvalue weighted by atomic mass is 10.1. The summed E-state index contributed by atoms with van der Waals surface area (Å²) in [5.41, 5.74) is 2.32. The molecule has 2 heterocycles. The quantitative estimate of drug-likeness (QED) is 0.586. The lowest BCUT2D eigenvalue weighted by Crippen LogP contribution is -2.13. The second-order valence-corrected chi connectivity index (χ2v) is 7.52. The summed E-state index contributed by atoms with van der Waals surface area (Å²) in [6, 6.07) is 10.9. The predicted octanol–water partition coefficient (Wildman–Crippen LogP) is 4.87. The third kappa shape index (κ3) is 4.28. The molecule has 0 unspecified atom stereocenters. The minimum atomic E-state index is -0.0836. The van der Waals surface area contributed by atoms with Crippen molar-refractivity contribution in [2.24, 2.45) is 4.99 Å². The molecular formula is C20H17ClN2O3S. The van der Waals surface area contributed by atoms with Gasteiger partial charge in [-0.1, -0.05) is 29.4 Å². The van der Waals surface area contributed by atoms with E-state index in [-0.39, 0.29) is 12.6 Å². The number of allylic oxidation sites excluding steroid dienone is 1. The summed E-state index contributed by atoms with van der Waals surface area (Å²) in [6.45, 7) is 1.02. The molecule has 2 aliphatic heterocycles. The number of ketones is 1. The smallest absolute Gasteiger partial charge is 0.231 e. The van der Waals surface area contributed by atoms with Crippen LogP contribution < -0.4 is 14.8 Å². The van der Waals surface area contributed by atoms with Gasteiger partial charge < -0.3 is 14.8 Å². The minimum absolute atomic E-state index is 0.0836. The van der Waals surface area contributed by atoms with E-state index in [1.807, 2.05) is 12.1 Å². The molecule has 0 fully saturated rings. The van der Waals surface area contributed by atoms with Gasteiger partial charge >= 0.3 is 0 Å². The number of fused-ring (bicyclic) bond motifs is 1. The van der Waals surface area contributed by atoms with Crippen LogP contribution in [0.3, 0.4) is 0 Å². The average molecular weight is 401 g/mol. The first-order valence-corrected chi connectivity index (χ1v) is 9.91. The van der Waals surface area contributed by atoms with Crippen molar-refractivity contribution < 1.29 is 14.3 Å². The normalized spacial score (nSPS) is 15.7. The van der Waals surface area contributed by atoms with Crippen molar-refractivity contribution in [3.63, 3.8) is 0 Å². The minimum Gasteiger partial charge on any atom is -0.454 e. The molecule has 0 aliphatic carbocycles. The third-order valence-corrected chi connectivity index (χ3v) is 5.37. The van der Waals surface area contributed by atoms with Gasteiger partial charge in [0.1, 0.15) is 0 Å². The Morgan fingerprint density at radius 2 is 2.07 bits per heavy atom. The van der Waals surface area contributed by atoms with Crippen molar-refractivity contribution in [2.45, 2.75) is 6.42 Å². The Hall–Kier alpha value is -2.44. The molecule has 0 saturated carbocycles. The molecule has 5 nitrogen and oxygen atoms in total. The number of carbonyl (C=O) groups is 1. The highest BCUT2D eigenvalue weighted by Crippen LogP contribution is 2.40. The van der Waals surface area contributed by atoms with Crippen LogP contribution in [0.4, 0.5) is 5.69 Å². The number of hydrogen-bond donors (Lipinski definition) is 1. The van der Waals surface area contributed by atoms with Crippen LogP contribution >= 0.6 is 23.4 Å². The van der Waals surface area contributed by atoms with Crippen molar-refractivity contribution in [3.05, 3.63) is 58.6 Å². The Morgan fingerprint density at radius 3 is 2.85 bits per heavy atom. The van der Waals surface area contributed by atoms with Crippen LogP contribution in [-0.4, -0.2) is 30.0 Å². The van der Waals surface area contributed by atoms with Crippen molar-refractivity contribution in [2.75, 3.05) is 24.4 Å². The molecule has 2 aromatic rings. The topological polar surface area (TPSA) is 59.9 Å². The first kappa shape index (κ1) is 17.9. The van der Waals surface area contributed by atoms with Gasteiger partial charge in [-0.05, 0) is 54.5 Å². The maximum absolute atomic E-state index is 12.4. The molecule has 1 N–H and O–H groups in total. The number of carbonyl (C=O) groups excluding carboxylic acids is 1. The summed E-state index contributed by atoms with van der Waals surface area (Å²) in [5, 5.41) is 4.68. The number of nitrogens with zero attached hydrogens (tertiary/aromatic N) is 1. The molecule has 0 amide bonds. The number of hydrogen-bond acceptors (Lipinski definition) is 6. The van der Waals surface area contributed by atoms with E-state index in [0.29, 0.717) is 22.1 Å². The number of ether oxygens (including phenoxy) is 2. The first-order valence-electron chi connectivity index (χ1n) is 8.55. The van der Waals surface area contributed by atoms with Crippen LogP contribution in [0.1, 0.15) is 22.3 Å². The molecule has 0 bridgehead atoms. The van der Waals surface area contributed by atoms with E-state index in [2.05, 4.69) is 10.3 Å². The van der Waals surface area contributed by atoms with Gasteiger partial charge in [0.25, 0.3) is 0 Å². The van der Waals surface area contributed by atoms with E-state index < -0.39 is 0 Å². The second kappa shape index (κ2) is 8.06. The fourth-order valence-electron chi connectivity index (χ4n) is 2.73. The lowest BCUT2D eigenvalue weighted by molar-refractivity contribution is 0.104. The van der Waals surface area contributed by atoms with Crippen LogP contribution in [0.25, 0.3) is 6.08 Å². The Balaban J connectivity index is 1.43. The average Bonchev–Trinajstić information content (AvgIpc) is 3.17. The molecule has 2 aliphatic rings. The van der Waals surface area contributed by atoms with Crippen molar-refractivity contribution in [1.82, 2.24) is 0 Å². The van der Waals surface area contributed by atoms with Gasteiger partial charge in [-0.15, -0.1) is 0 Å². The van der Waals surface area contributed by atoms with E-state index in [0.717, 1.165) is 35.1 Å². The lowest BCUT2D eigenvalue weighted by Gasteiger charge is -2.13. The molecule has 27 heavy (non-hydrogen) atoms. The molecule has 0 radical (unpaired) electrons. The Morgan fingerprint density at radius 1 is 1.22 bits per heavy atom. The highest BCUT2D eigenvalue weighted by molar-refractivity contribution is 8.14. The monoisotopic (exact) mass is 400 g/mol. The van der Waals surface area contributed by atoms with Gasteiger partial charge in [0.15, 0.2) is 22.4 Å². The number of thioether (sulfide) groups is 1. The summed E-state index contributed by atoms with van der Waals surface area (Å²) in [5.74, 6) is 2.13. The number of benzene rings is 2. The predicted molar refractivity (Wildman–Crippen MR) is 110 cm³/mol. The molecule has 7 heteroatoms. The Kier molecular flexibility index (Phi) is 5.36. The fraction of sp³-hybridized carbons (Fsp3) is 0.200. The molecule has 0 atom stereocenters. The molecule has 0 saturated heterocycles. The molecule has 0 spiro atoms. The highest BCUT2D eigenvalue weighted by Gasteiger charge is 2.17. The fourth-order valence-corrected chi connectivity index (χ4v) is 3.84. The maximum Gasteiger partial charge on any atom is 0.231 e. The van der Waals surface area contributed by atoms with Crippen LogP contribution in [0.15, 0.2) is 47.5 Å². The Labute approximate surface area is 166 Å². The van der Waals surface area contributed by atoms with Gasteiger partial charge in [-0.25, -0.2) is 0 Å². The number of aliphatic imine (C=N–C) groups is 1. The SMILES string of the molecule is O=C(C=Cc1cc(Cl)c2c(c1)OCO2)c1ccc(NC2=NCCCS2)cc1. The first-order chi connectivity index (χ1) is 13.2. The zero-order valence-corrected chi connectivity index (χ0v) is 16.0. The van der Waals surface area contributed by atoms with E-state index in [1.54, 1.807) is 42.1 Å². The van der Waals surface area contributed by atoms with Crippen LogP contribution in [0, 0.1) is 0 Å².